The van der Waals surface area contributed by atoms with Gasteiger partial charge in [-0.15, -0.1) is 0 Å². The van der Waals surface area contributed by atoms with E-state index in [-0.39, 0.29) is 31.1 Å². The maximum Gasteiger partial charge on any atom is 0.306 e. The second-order valence-electron chi connectivity index (χ2n) is 5.56. The molecular weight excluding hydrogens is 276 g/mol. The number of carbonyl (C=O) groups excluding carboxylic acids is 3. The zero-order valence-electron chi connectivity index (χ0n) is 12.7. The van der Waals surface area contributed by atoms with Crippen molar-refractivity contribution < 1.29 is 23.9 Å². The number of carbonyl (C=O) groups is 3. The molecule has 0 aromatic carbocycles. The Labute approximate surface area is 123 Å². The van der Waals surface area contributed by atoms with Gasteiger partial charge in [0.1, 0.15) is 12.2 Å². The highest BCUT2D eigenvalue weighted by molar-refractivity contribution is 5.90. The zero-order valence-corrected chi connectivity index (χ0v) is 12.7. The number of hydrogen-bond acceptors (Lipinski definition) is 6. The van der Waals surface area contributed by atoms with Crippen LogP contribution in [0.15, 0.2) is 6.20 Å². The van der Waals surface area contributed by atoms with E-state index in [9.17, 15) is 14.4 Å². The van der Waals surface area contributed by atoms with Crippen molar-refractivity contribution in [3.05, 3.63) is 17.7 Å². The van der Waals surface area contributed by atoms with Crippen LogP contribution in [0.2, 0.25) is 0 Å². The molecule has 21 heavy (non-hydrogen) atoms. The summed E-state index contributed by atoms with van der Waals surface area (Å²) in [6.45, 7) is 6.64. The Balaban J connectivity index is 2.31. The number of H-pyrrole nitrogens is 1. The smallest absolute Gasteiger partial charge is 0.306 e. The normalized spacial score (nSPS) is 11.0. The quantitative estimate of drug-likeness (QED) is 0.634. The van der Waals surface area contributed by atoms with E-state index in [0.717, 1.165) is 0 Å². The fraction of sp³-hybridized carbons (Fsp3) is 0.571. The first-order valence-electron chi connectivity index (χ1n) is 6.59. The minimum Gasteiger partial charge on any atom is -0.460 e. The lowest BCUT2D eigenvalue weighted by Gasteiger charge is -2.19. The van der Waals surface area contributed by atoms with Crippen LogP contribution < -0.4 is 0 Å². The second kappa shape index (κ2) is 7.01. The molecule has 0 fully saturated rings. The van der Waals surface area contributed by atoms with Gasteiger partial charge in [-0.05, 0) is 20.8 Å². The predicted octanol–water partition coefficient (Wildman–Crippen LogP) is 1.78. The summed E-state index contributed by atoms with van der Waals surface area (Å²) in [5.74, 6) is -0.938. The van der Waals surface area contributed by atoms with Gasteiger partial charge in [0.2, 0.25) is 0 Å². The molecule has 0 amide bonds. The highest BCUT2D eigenvalue weighted by Crippen LogP contribution is 2.09. The largest absolute Gasteiger partial charge is 0.460 e. The van der Waals surface area contributed by atoms with Crippen LogP contribution in [0.5, 0.6) is 0 Å². The predicted molar refractivity (Wildman–Crippen MR) is 73.5 cm³/mol. The first-order valence-corrected chi connectivity index (χ1v) is 6.59. The summed E-state index contributed by atoms with van der Waals surface area (Å²) in [6, 6.07) is 0. The Morgan fingerprint density at radius 1 is 1.19 bits per heavy atom. The highest BCUT2D eigenvalue weighted by atomic mass is 16.6. The first kappa shape index (κ1) is 16.9. The minimum atomic E-state index is -0.569. The Morgan fingerprint density at radius 3 is 2.33 bits per heavy atom. The lowest BCUT2D eigenvalue weighted by Crippen LogP contribution is -2.24. The number of rotatable bonds is 6. The lowest BCUT2D eigenvalue weighted by molar-refractivity contribution is -0.158. The van der Waals surface area contributed by atoms with Crippen molar-refractivity contribution in [2.24, 2.45) is 0 Å². The maximum absolute atomic E-state index is 11.5. The van der Waals surface area contributed by atoms with Crippen LogP contribution in [0.1, 0.15) is 56.8 Å². The zero-order chi connectivity index (χ0) is 16.0. The van der Waals surface area contributed by atoms with Crippen molar-refractivity contribution in [3.8, 4) is 0 Å². The molecule has 1 N–H and O–H groups in total. The summed E-state index contributed by atoms with van der Waals surface area (Å²) in [5, 5.41) is 0. The molecule has 0 aliphatic rings. The number of imidazole rings is 1. The molecule has 0 unspecified atom stereocenters. The van der Waals surface area contributed by atoms with Crippen LogP contribution in [-0.4, -0.2) is 33.3 Å². The Hall–Kier alpha value is -2.18. The number of nitrogens with zero attached hydrogens (tertiary/aromatic N) is 1. The number of ketones is 1. The molecule has 1 aromatic heterocycles. The summed E-state index contributed by atoms with van der Waals surface area (Å²) < 4.78 is 10.1. The number of Topliss-reactive ketones (excluding diaryl/α,β-unsaturated/α-hetero) is 1. The van der Waals surface area contributed by atoms with Crippen LogP contribution >= 0.6 is 0 Å². The van der Waals surface area contributed by atoms with E-state index in [0.29, 0.717) is 5.69 Å². The van der Waals surface area contributed by atoms with Crippen molar-refractivity contribution in [1.29, 1.82) is 0 Å². The van der Waals surface area contributed by atoms with E-state index >= 15 is 0 Å². The van der Waals surface area contributed by atoms with Crippen molar-refractivity contribution in [3.63, 3.8) is 0 Å². The van der Waals surface area contributed by atoms with E-state index in [1.165, 1.54) is 13.1 Å². The van der Waals surface area contributed by atoms with Crippen LogP contribution in [0.25, 0.3) is 0 Å². The van der Waals surface area contributed by atoms with Crippen molar-refractivity contribution in [1.82, 2.24) is 9.97 Å². The maximum atomic E-state index is 11.5. The number of aromatic nitrogens is 2. The summed E-state index contributed by atoms with van der Waals surface area (Å²) in [5.41, 5.74) is -0.0502. The molecule has 7 nitrogen and oxygen atoms in total. The number of esters is 2. The summed E-state index contributed by atoms with van der Waals surface area (Å²) >= 11 is 0. The molecule has 1 rings (SSSR count). The molecule has 0 atom stereocenters. The number of hydrogen-bond donors (Lipinski definition) is 1. The second-order valence-corrected chi connectivity index (χ2v) is 5.56. The van der Waals surface area contributed by atoms with E-state index in [1.54, 1.807) is 20.8 Å². The third-order valence-electron chi connectivity index (χ3n) is 2.30. The third-order valence-corrected chi connectivity index (χ3v) is 2.30. The molecule has 0 radical (unpaired) electrons. The molecule has 0 bridgehead atoms. The topological polar surface area (TPSA) is 98.3 Å². The van der Waals surface area contributed by atoms with Crippen LogP contribution in [-0.2, 0) is 25.7 Å². The molecule has 1 heterocycles. The molecule has 0 aliphatic carbocycles. The van der Waals surface area contributed by atoms with Gasteiger partial charge in [-0.3, -0.25) is 14.4 Å². The van der Waals surface area contributed by atoms with Gasteiger partial charge in [-0.25, -0.2) is 4.98 Å². The van der Waals surface area contributed by atoms with E-state index in [1.807, 2.05) is 0 Å². The van der Waals surface area contributed by atoms with Gasteiger partial charge in [-0.2, -0.15) is 0 Å². The van der Waals surface area contributed by atoms with E-state index in [4.69, 9.17) is 9.47 Å². The van der Waals surface area contributed by atoms with Gasteiger partial charge >= 0.3 is 11.9 Å². The Morgan fingerprint density at radius 2 is 1.81 bits per heavy atom. The van der Waals surface area contributed by atoms with Gasteiger partial charge in [0, 0.05) is 6.92 Å². The first-order chi connectivity index (χ1) is 9.67. The fourth-order valence-corrected chi connectivity index (χ4v) is 1.44. The molecule has 0 saturated heterocycles. The van der Waals surface area contributed by atoms with Crippen molar-refractivity contribution in [2.45, 2.75) is 52.7 Å². The summed E-state index contributed by atoms with van der Waals surface area (Å²) in [4.78, 5) is 40.5. The molecule has 7 heteroatoms. The Kier molecular flexibility index (Phi) is 5.63. The van der Waals surface area contributed by atoms with Crippen LogP contribution in [0.4, 0.5) is 0 Å². The SMILES string of the molecule is CC(=O)c1ncc(COC(=O)CCC(=O)OC(C)(C)C)[nH]1. The number of aromatic amines is 1. The fourth-order valence-electron chi connectivity index (χ4n) is 1.44. The average molecular weight is 296 g/mol. The van der Waals surface area contributed by atoms with Crippen LogP contribution in [0.3, 0.4) is 0 Å². The van der Waals surface area contributed by atoms with Gasteiger partial charge in [-0.1, -0.05) is 0 Å². The number of ether oxygens (including phenoxy) is 2. The van der Waals surface area contributed by atoms with Gasteiger partial charge in [0.15, 0.2) is 11.6 Å². The van der Waals surface area contributed by atoms with Crippen LogP contribution in [0, 0.1) is 0 Å². The van der Waals surface area contributed by atoms with Crippen molar-refractivity contribution in [2.75, 3.05) is 0 Å². The lowest BCUT2D eigenvalue weighted by atomic mass is 10.2. The Bertz CT molecular complexity index is 528. The monoisotopic (exact) mass is 296 g/mol. The number of nitrogens with one attached hydrogen (secondary N) is 1. The van der Waals surface area contributed by atoms with E-state index < -0.39 is 17.5 Å². The highest BCUT2D eigenvalue weighted by Gasteiger charge is 2.17. The minimum absolute atomic E-state index is 0.0204. The summed E-state index contributed by atoms with van der Waals surface area (Å²) in [6.07, 6.45) is 1.35. The molecule has 0 saturated carbocycles. The standard InChI is InChI=1S/C14H20N2O5/c1-9(17)13-15-7-10(16-13)8-20-11(18)5-6-12(19)21-14(2,3)4/h7H,5-6,8H2,1-4H3,(H,15,16). The van der Waals surface area contributed by atoms with Gasteiger partial charge in [0.05, 0.1) is 24.7 Å². The van der Waals surface area contributed by atoms with E-state index in [2.05, 4.69) is 9.97 Å². The molecule has 116 valence electrons. The molecule has 0 aliphatic heterocycles. The third kappa shape index (κ3) is 6.69. The molecule has 0 spiro atoms. The molecular formula is C14H20N2O5. The van der Waals surface area contributed by atoms with Crippen molar-refractivity contribution >= 4 is 17.7 Å². The summed E-state index contributed by atoms with van der Waals surface area (Å²) in [7, 11) is 0. The van der Waals surface area contributed by atoms with Gasteiger partial charge in [0.25, 0.3) is 0 Å². The van der Waals surface area contributed by atoms with Gasteiger partial charge < -0.3 is 14.5 Å². The molecule has 1 aromatic rings. The average Bonchev–Trinajstić information content (AvgIpc) is 2.80.